The van der Waals surface area contributed by atoms with Crippen LogP contribution in [0.2, 0.25) is 0 Å². The first kappa shape index (κ1) is 20.5. The minimum Gasteiger partial charge on any atom is -0.486 e. The molecule has 2 N–H and O–H groups in total. The van der Waals surface area contributed by atoms with Gasteiger partial charge in [-0.25, -0.2) is 4.68 Å². The molecule has 7 nitrogen and oxygen atoms in total. The molecule has 0 radical (unpaired) electrons. The van der Waals surface area contributed by atoms with Crippen LogP contribution in [0, 0.1) is 5.92 Å². The Morgan fingerprint density at radius 1 is 1.32 bits per heavy atom. The van der Waals surface area contributed by atoms with Crippen LogP contribution in [-0.4, -0.2) is 44.5 Å². The van der Waals surface area contributed by atoms with Crippen molar-refractivity contribution in [2.75, 3.05) is 24.7 Å². The molecule has 1 atom stereocenters. The van der Waals surface area contributed by atoms with Gasteiger partial charge in [0.25, 0.3) is 0 Å². The van der Waals surface area contributed by atoms with E-state index >= 15 is 0 Å². The molecule has 1 aromatic carbocycles. The first-order chi connectivity index (χ1) is 13.4. The van der Waals surface area contributed by atoms with Crippen molar-refractivity contribution in [2.24, 2.45) is 5.92 Å². The summed E-state index contributed by atoms with van der Waals surface area (Å²) in [5, 5.41) is 8.71. The predicted molar refractivity (Wildman–Crippen MR) is 111 cm³/mol. The summed E-state index contributed by atoms with van der Waals surface area (Å²) in [6.07, 6.45) is 2.27. The van der Waals surface area contributed by atoms with E-state index < -0.39 is 0 Å². The standard InChI is InChI=1S/C20H29N5O2S/c1-14(2)16-6-8-17(9-7-16)27-12-18-22-23-20(25(18)21)28-13-19(26)24-10-4-5-15(3)11-24/h6-9,14-15H,4-5,10-13,21H2,1-3H3/t15-/m1/s1. The van der Waals surface area contributed by atoms with Gasteiger partial charge in [-0.15, -0.1) is 10.2 Å². The number of benzene rings is 1. The molecule has 0 aliphatic carbocycles. The third-order valence-electron chi connectivity index (χ3n) is 4.98. The van der Waals surface area contributed by atoms with E-state index in [1.54, 1.807) is 0 Å². The second kappa shape index (κ2) is 9.32. The maximum absolute atomic E-state index is 12.4. The van der Waals surface area contributed by atoms with Crippen LogP contribution in [-0.2, 0) is 11.4 Å². The summed E-state index contributed by atoms with van der Waals surface area (Å²) in [7, 11) is 0. The number of likely N-dealkylation sites (tertiary alicyclic amines) is 1. The number of piperidine rings is 1. The lowest BCUT2D eigenvalue weighted by molar-refractivity contribution is -0.130. The number of nitrogens with two attached hydrogens (primary N) is 1. The number of nitrogen functional groups attached to an aromatic ring is 1. The van der Waals surface area contributed by atoms with Crippen molar-refractivity contribution in [3.05, 3.63) is 35.7 Å². The van der Waals surface area contributed by atoms with E-state index in [0.29, 0.717) is 28.6 Å². The summed E-state index contributed by atoms with van der Waals surface area (Å²) in [6, 6.07) is 8.00. The van der Waals surface area contributed by atoms with Crippen LogP contribution in [0.25, 0.3) is 0 Å². The number of carbonyl (C=O) groups excluding carboxylic acids is 1. The predicted octanol–water partition coefficient (Wildman–Crippen LogP) is 3.04. The number of hydrogen-bond acceptors (Lipinski definition) is 6. The van der Waals surface area contributed by atoms with Crippen molar-refractivity contribution in [3.8, 4) is 5.75 Å². The highest BCUT2D eigenvalue weighted by Gasteiger charge is 2.22. The van der Waals surface area contributed by atoms with Gasteiger partial charge in [0.2, 0.25) is 11.1 Å². The molecule has 0 saturated carbocycles. The number of hydrogen-bond donors (Lipinski definition) is 1. The summed E-state index contributed by atoms with van der Waals surface area (Å²) in [4.78, 5) is 14.3. The Balaban J connectivity index is 1.51. The molecule has 1 saturated heterocycles. The quantitative estimate of drug-likeness (QED) is 0.565. The zero-order valence-corrected chi connectivity index (χ0v) is 17.6. The van der Waals surface area contributed by atoms with E-state index in [-0.39, 0.29) is 12.5 Å². The lowest BCUT2D eigenvalue weighted by Crippen LogP contribution is -2.40. The third kappa shape index (κ3) is 5.19. The summed E-state index contributed by atoms with van der Waals surface area (Å²) >= 11 is 1.32. The van der Waals surface area contributed by atoms with Crippen LogP contribution in [0.1, 0.15) is 50.9 Å². The topological polar surface area (TPSA) is 86.3 Å². The molecule has 0 unspecified atom stereocenters. The van der Waals surface area contributed by atoms with Crippen LogP contribution < -0.4 is 10.6 Å². The summed E-state index contributed by atoms with van der Waals surface area (Å²) in [5.74, 6) is 8.86. The van der Waals surface area contributed by atoms with Crippen molar-refractivity contribution in [1.82, 2.24) is 19.8 Å². The van der Waals surface area contributed by atoms with E-state index in [1.807, 2.05) is 17.0 Å². The summed E-state index contributed by atoms with van der Waals surface area (Å²) < 4.78 is 7.17. The third-order valence-corrected chi connectivity index (χ3v) is 5.91. The van der Waals surface area contributed by atoms with Gasteiger partial charge >= 0.3 is 0 Å². The number of amides is 1. The van der Waals surface area contributed by atoms with Crippen molar-refractivity contribution in [1.29, 1.82) is 0 Å². The molecule has 28 heavy (non-hydrogen) atoms. The Kier molecular flexibility index (Phi) is 6.83. The van der Waals surface area contributed by atoms with Gasteiger partial charge in [0.1, 0.15) is 12.4 Å². The average Bonchev–Trinajstić information content (AvgIpc) is 3.04. The van der Waals surface area contributed by atoms with Gasteiger partial charge in [-0.1, -0.05) is 44.7 Å². The molecule has 3 rings (SSSR count). The van der Waals surface area contributed by atoms with Crippen molar-refractivity contribution in [2.45, 2.75) is 51.3 Å². The van der Waals surface area contributed by atoms with Gasteiger partial charge in [0.15, 0.2) is 5.82 Å². The number of aromatic nitrogens is 3. The van der Waals surface area contributed by atoms with Crippen LogP contribution >= 0.6 is 11.8 Å². The second-order valence-corrected chi connectivity index (χ2v) is 8.60. The maximum atomic E-state index is 12.4. The molecule has 1 aromatic heterocycles. The lowest BCUT2D eigenvalue weighted by atomic mass is 10.0. The highest BCUT2D eigenvalue weighted by Crippen LogP contribution is 2.21. The number of nitrogens with zero attached hydrogens (tertiary/aromatic N) is 4. The molecule has 152 valence electrons. The van der Waals surface area contributed by atoms with Crippen molar-refractivity contribution >= 4 is 17.7 Å². The molecule has 1 amide bonds. The smallest absolute Gasteiger partial charge is 0.233 e. The van der Waals surface area contributed by atoms with Gasteiger partial charge in [-0.2, -0.15) is 0 Å². The molecule has 2 heterocycles. The Hall–Kier alpha value is -2.22. The molecule has 1 aliphatic rings. The molecular weight excluding hydrogens is 374 g/mol. The second-order valence-electron chi connectivity index (χ2n) is 7.66. The largest absolute Gasteiger partial charge is 0.486 e. The SMILES string of the molecule is CC(C)c1ccc(OCc2nnc(SCC(=O)N3CCC[C@@H](C)C3)n2N)cc1. The Labute approximate surface area is 170 Å². The lowest BCUT2D eigenvalue weighted by Gasteiger charge is -2.30. The summed E-state index contributed by atoms with van der Waals surface area (Å²) in [5.41, 5.74) is 1.26. The number of thioether (sulfide) groups is 1. The fraction of sp³-hybridized carbons (Fsp3) is 0.550. The van der Waals surface area contributed by atoms with Gasteiger partial charge in [-0.05, 0) is 42.4 Å². The molecule has 1 aliphatic heterocycles. The molecular formula is C20H29N5O2S. The van der Waals surface area contributed by atoms with E-state index in [0.717, 1.165) is 25.3 Å². The van der Waals surface area contributed by atoms with Crippen LogP contribution in [0.5, 0.6) is 5.75 Å². The van der Waals surface area contributed by atoms with E-state index in [2.05, 4.69) is 43.1 Å². The fourth-order valence-electron chi connectivity index (χ4n) is 3.23. The minimum absolute atomic E-state index is 0.127. The first-order valence-electron chi connectivity index (χ1n) is 9.76. The Bertz CT molecular complexity index is 790. The van der Waals surface area contributed by atoms with E-state index in [9.17, 15) is 4.79 Å². The first-order valence-corrected chi connectivity index (χ1v) is 10.7. The van der Waals surface area contributed by atoms with E-state index in [4.69, 9.17) is 10.6 Å². The zero-order chi connectivity index (χ0) is 20.1. The average molecular weight is 404 g/mol. The van der Waals surface area contributed by atoms with E-state index in [1.165, 1.54) is 28.4 Å². The monoisotopic (exact) mass is 403 g/mol. The molecule has 0 spiro atoms. The number of ether oxygens (including phenoxy) is 1. The normalized spacial score (nSPS) is 17.1. The van der Waals surface area contributed by atoms with Crippen LogP contribution in [0.4, 0.5) is 0 Å². The molecule has 2 aromatic rings. The van der Waals surface area contributed by atoms with Crippen molar-refractivity contribution < 1.29 is 9.53 Å². The number of rotatable bonds is 7. The van der Waals surface area contributed by atoms with Gasteiger partial charge < -0.3 is 15.5 Å². The molecule has 8 heteroatoms. The highest BCUT2D eigenvalue weighted by molar-refractivity contribution is 7.99. The molecule has 0 bridgehead atoms. The minimum atomic E-state index is 0.127. The zero-order valence-electron chi connectivity index (χ0n) is 16.8. The van der Waals surface area contributed by atoms with Crippen LogP contribution in [0.3, 0.4) is 0 Å². The van der Waals surface area contributed by atoms with Crippen molar-refractivity contribution in [3.63, 3.8) is 0 Å². The maximum Gasteiger partial charge on any atom is 0.233 e. The number of carbonyl (C=O) groups is 1. The fourth-order valence-corrected chi connectivity index (χ4v) is 4.01. The molecule has 1 fully saturated rings. The van der Waals surface area contributed by atoms with Crippen LogP contribution in [0.15, 0.2) is 29.4 Å². The summed E-state index contributed by atoms with van der Waals surface area (Å²) in [6.45, 7) is 8.40. The Morgan fingerprint density at radius 2 is 2.07 bits per heavy atom. The van der Waals surface area contributed by atoms with Gasteiger partial charge in [-0.3, -0.25) is 4.79 Å². The Morgan fingerprint density at radius 3 is 2.75 bits per heavy atom. The van der Waals surface area contributed by atoms with Gasteiger partial charge in [0.05, 0.1) is 5.75 Å². The highest BCUT2D eigenvalue weighted by atomic mass is 32.2. The van der Waals surface area contributed by atoms with Gasteiger partial charge in [0, 0.05) is 13.1 Å².